The van der Waals surface area contributed by atoms with Crippen LogP contribution in [0.2, 0.25) is 0 Å². The van der Waals surface area contributed by atoms with Crippen LogP contribution in [0.5, 0.6) is 11.5 Å². The number of carbonyl (C=O) groups is 1. The zero-order chi connectivity index (χ0) is 15.6. The number of nitrogens with zero attached hydrogens (tertiary/aromatic N) is 1. The highest BCUT2D eigenvalue weighted by Gasteiger charge is 2.25. The maximum Gasteiger partial charge on any atom is 0.289 e. The Morgan fingerprint density at radius 3 is 2.96 bits per heavy atom. The Balaban J connectivity index is 1.46. The highest BCUT2D eigenvalue weighted by atomic mass is 32.2. The molecule has 0 spiro atoms. The molecular formula is C17H17NO4S. The van der Waals surface area contributed by atoms with Crippen LogP contribution in [0.15, 0.2) is 41.0 Å². The molecule has 23 heavy (non-hydrogen) atoms. The topological polar surface area (TPSA) is 51.9 Å². The molecule has 1 atom stereocenters. The van der Waals surface area contributed by atoms with E-state index in [4.69, 9.17) is 13.9 Å². The van der Waals surface area contributed by atoms with E-state index < -0.39 is 0 Å². The zero-order valence-electron chi connectivity index (χ0n) is 12.6. The molecule has 1 amide bonds. The van der Waals surface area contributed by atoms with Gasteiger partial charge in [0.2, 0.25) is 6.79 Å². The van der Waals surface area contributed by atoms with Crippen molar-refractivity contribution in [1.29, 1.82) is 0 Å². The lowest BCUT2D eigenvalue weighted by atomic mass is 10.1. The molecule has 120 valence electrons. The molecule has 1 fully saturated rings. The van der Waals surface area contributed by atoms with E-state index in [0.29, 0.717) is 17.8 Å². The van der Waals surface area contributed by atoms with Gasteiger partial charge in [-0.25, -0.2) is 0 Å². The van der Waals surface area contributed by atoms with Crippen molar-refractivity contribution in [2.75, 3.05) is 25.6 Å². The highest BCUT2D eigenvalue weighted by Crippen LogP contribution is 2.40. The van der Waals surface area contributed by atoms with Crippen LogP contribution in [0.1, 0.15) is 27.8 Å². The molecule has 2 aliphatic rings. The molecule has 0 aliphatic carbocycles. The van der Waals surface area contributed by atoms with Crippen LogP contribution in [0.25, 0.3) is 0 Å². The summed E-state index contributed by atoms with van der Waals surface area (Å²) in [5, 5.41) is 0.360. The van der Waals surface area contributed by atoms with E-state index in [1.807, 2.05) is 22.7 Å². The summed E-state index contributed by atoms with van der Waals surface area (Å²) in [4.78, 5) is 14.3. The van der Waals surface area contributed by atoms with Crippen LogP contribution < -0.4 is 9.47 Å². The Morgan fingerprint density at radius 2 is 2.09 bits per heavy atom. The van der Waals surface area contributed by atoms with E-state index >= 15 is 0 Å². The fourth-order valence-corrected chi connectivity index (χ4v) is 4.13. The lowest BCUT2D eigenvalue weighted by Gasteiger charge is -2.19. The zero-order valence-corrected chi connectivity index (χ0v) is 13.4. The lowest BCUT2D eigenvalue weighted by Crippen LogP contribution is -2.32. The monoisotopic (exact) mass is 331 g/mol. The standard InChI is InChI=1S/C17H17NO4S/c19-17(14-2-1-8-20-14)18-6-5-16(23-9-7-18)12-3-4-13-15(10-12)22-11-21-13/h1-4,8,10,16H,5-7,9,11H2. The Morgan fingerprint density at radius 1 is 1.17 bits per heavy atom. The van der Waals surface area contributed by atoms with E-state index in [-0.39, 0.29) is 5.91 Å². The molecule has 0 bridgehead atoms. The Bertz CT molecular complexity index is 701. The first-order valence-electron chi connectivity index (χ1n) is 7.65. The lowest BCUT2D eigenvalue weighted by molar-refractivity contribution is 0.0734. The number of hydrogen-bond acceptors (Lipinski definition) is 5. The van der Waals surface area contributed by atoms with Crippen LogP contribution in [-0.2, 0) is 0 Å². The van der Waals surface area contributed by atoms with Crippen molar-refractivity contribution in [3.05, 3.63) is 47.9 Å². The van der Waals surface area contributed by atoms with E-state index in [9.17, 15) is 4.79 Å². The second kappa shape index (κ2) is 6.20. The summed E-state index contributed by atoms with van der Waals surface area (Å²) in [6, 6.07) is 9.58. The van der Waals surface area contributed by atoms with E-state index in [1.54, 1.807) is 12.1 Å². The minimum atomic E-state index is -0.0260. The Hall–Kier alpha value is -2.08. The molecule has 1 aromatic carbocycles. The summed E-state index contributed by atoms with van der Waals surface area (Å²) in [5.74, 6) is 2.92. The van der Waals surface area contributed by atoms with Crippen molar-refractivity contribution >= 4 is 17.7 Å². The van der Waals surface area contributed by atoms with Crippen LogP contribution in [0, 0.1) is 0 Å². The third-order valence-corrected chi connectivity index (χ3v) is 5.46. The fourth-order valence-electron chi connectivity index (χ4n) is 2.91. The van der Waals surface area contributed by atoms with Gasteiger partial charge in [0.25, 0.3) is 5.91 Å². The minimum Gasteiger partial charge on any atom is -0.459 e. The van der Waals surface area contributed by atoms with Crippen molar-refractivity contribution in [1.82, 2.24) is 4.90 Å². The normalized spacial score (nSPS) is 20.3. The summed E-state index contributed by atoms with van der Waals surface area (Å²) in [7, 11) is 0. The molecule has 6 heteroatoms. The molecule has 0 N–H and O–H groups in total. The van der Waals surface area contributed by atoms with Crippen molar-refractivity contribution in [3.8, 4) is 11.5 Å². The molecule has 3 heterocycles. The molecule has 4 rings (SSSR count). The van der Waals surface area contributed by atoms with Gasteiger partial charge in [-0.05, 0) is 36.2 Å². The van der Waals surface area contributed by atoms with Gasteiger partial charge in [-0.15, -0.1) is 0 Å². The maximum absolute atomic E-state index is 12.4. The molecule has 5 nitrogen and oxygen atoms in total. The van der Waals surface area contributed by atoms with Gasteiger partial charge < -0.3 is 18.8 Å². The quantitative estimate of drug-likeness (QED) is 0.845. The summed E-state index contributed by atoms with van der Waals surface area (Å²) < 4.78 is 16.0. The number of hydrogen-bond donors (Lipinski definition) is 0. The summed E-state index contributed by atoms with van der Waals surface area (Å²) in [6.45, 7) is 1.76. The molecule has 0 saturated carbocycles. The van der Waals surface area contributed by atoms with Crippen molar-refractivity contribution in [3.63, 3.8) is 0 Å². The number of furan rings is 1. The number of amides is 1. The second-order valence-corrected chi connectivity index (χ2v) is 6.84. The number of fused-ring (bicyclic) bond motifs is 1. The minimum absolute atomic E-state index is 0.0260. The predicted molar refractivity (Wildman–Crippen MR) is 87.0 cm³/mol. The fraction of sp³-hybridized carbons (Fsp3) is 0.353. The average molecular weight is 331 g/mol. The number of carbonyl (C=O) groups excluding carboxylic acids is 1. The third-order valence-electron chi connectivity index (χ3n) is 4.13. The van der Waals surface area contributed by atoms with E-state index in [2.05, 4.69) is 12.1 Å². The molecule has 1 aromatic heterocycles. The Kier molecular flexibility index (Phi) is 3.91. The summed E-state index contributed by atoms with van der Waals surface area (Å²) in [6.07, 6.45) is 2.45. The largest absolute Gasteiger partial charge is 0.459 e. The summed E-state index contributed by atoms with van der Waals surface area (Å²) >= 11 is 1.88. The maximum atomic E-state index is 12.4. The number of thioether (sulfide) groups is 1. The van der Waals surface area contributed by atoms with Crippen molar-refractivity contribution in [2.24, 2.45) is 0 Å². The molecule has 1 unspecified atom stereocenters. The number of ether oxygens (including phenoxy) is 2. The Labute approximate surface area is 138 Å². The van der Waals surface area contributed by atoms with E-state index in [0.717, 1.165) is 36.8 Å². The van der Waals surface area contributed by atoms with Gasteiger partial charge in [0.15, 0.2) is 17.3 Å². The first-order valence-corrected chi connectivity index (χ1v) is 8.70. The summed E-state index contributed by atoms with van der Waals surface area (Å²) in [5.41, 5.74) is 1.23. The van der Waals surface area contributed by atoms with Gasteiger partial charge in [-0.1, -0.05) is 6.07 Å². The molecule has 1 saturated heterocycles. The number of benzene rings is 1. The van der Waals surface area contributed by atoms with Gasteiger partial charge in [-0.3, -0.25) is 4.79 Å². The molecule has 0 radical (unpaired) electrons. The van der Waals surface area contributed by atoms with Crippen molar-refractivity contribution in [2.45, 2.75) is 11.7 Å². The smallest absolute Gasteiger partial charge is 0.289 e. The highest BCUT2D eigenvalue weighted by molar-refractivity contribution is 7.99. The first-order chi connectivity index (χ1) is 11.3. The van der Waals surface area contributed by atoms with Crippen LogP contribution >= 0.6 is 11.8 Å². The van der Waals surface area contributed by atoms with Crippen LogP contribution in [-0.4, -0.2) is 36.4 Å². The van der Waals surface area contributed by atoms with Crippen molar-refractivity contribution < 1.29 is 18.7 Å². The molecule has 2 aromatic rings. The second-order valence-electron chi connectivity index (χ2n) is 5.53. The van der Waals surface area contributed by atoms with Crippen LogP contribution in [0.3, 0.4) is 0 Å². The van der Waals surface area contributed by atoms with Gasteiger partial charge in [0.1, 0.15) is 0 Å². The first kappa shape index (κ1) is 14.5. The SMILES string of the molecule is O=C(c1ccco1)N1CCSC(c2ccc3c(c2)OCO3)CC1. The predicted octanol–water partition coefficient (Wildman–Crippen LogP) is 3.33. The van der Waals surface area contributed by atoms with Gasteiger partial charge in [0.05, 0.1) is 6.26 Å². The van der Waals surface area contributed by atoms with Gasteiger partial charge in [0, 0.05) is 24.1 Å². The molecular weight excluding hydrogens is 314 g/mol. The van der Waals surface area contributed by atoms with Gasteiger partial charge in [-0.2, -0.15) is 11.8 Å². The van der Waals surface area contributed by atoms with Crippen LogP contribution in [0.4, 0.5) is 0 Å². The third kappa shape index (κ3) is 2.91. The molecule has 2 aliphatic heterocycles. The average Bonchev–Trinajstić information content (AvgIpc) is 3.20. The van der Waals surface area contributed by atoms with E-state index in [1.165, 1.54) is 11.8 Å². The van der Waals surface area contributed by atoms with Gasteiger partial charge >= 0.3 is 0 Å². The number of rotatable bonds is 2.